The van der Waals surface area contributed by atoms with Gasteiger partial charge in [0.2, 0.25) is 0 Å². The number of nitrogens with zero attached hydrogens (tertiary/aromatic N) is 2. The van der Waals surface area contributed by atoms with Gasteiger partial charge in [-0.2, -0.15) is 4.98 Å². The summed E-state index contributed by atoms with van der Waals surface area (Å²) in [7, 11) is 0. The van der Waals surface area contributed by atoms with E-state index in [0.29, 0.717) is 5.56 Å². The van der Waals surface area contributed by atoms with Crippen molar-refractivity contribution in [1.82, 2.24) is 9.55 Å². The van der Waals surface area contributed by atoms with Crippen molar-refractivity contribution in [2.75, 3.05) is 11.9 Å². The van der Waals surface area contributed by atoms with Gasteiger partial charge in [-0.05, 0) is 12.1 Å². The molecule has 119 valence electrons. The molecule has 3 rings (SSSR count). The Balaban J connectivity index is 1.83. The van der Waals surface area contributed by atoms with Crippen molar-refractivity contribution >= 4 is 11.7 Å². The molecule has 2 heterocycles. The number of ether oxygens (including phenoxy) is 2. The van der Waals surface area contributed by atoms with Crippen LogP contribution in [0.25, 0.3) is 0 Å². The Bertz CT molecular complexity index is 778. The van der Waals surface area contributed by atoms with Gasteiger partial charge in [-0.15, -0.1) is 0 Å². The summed E-state index contributed by atoms with van der Waals surface area (Å²) in [5.74, 6) is -1.86. The van der Waals surface area contributed by atoms with Crippen LogP contribution in [-0.2, 0) is 9.47 Å². The Morgan fingerprint density at radius 2 is 2.13 bits per heavy atom. The molecule has 1 aromatic carbocycles. The highest BCUT2D eigenvalue weighted by molar-refractivity contribution is 6.03. The van der Waals surface area contributed by atoms with Crippen LogP contribution in [0.2, 0.25) is 0 Å². The van der Waals surface area contributed by atoms with E-state index in [-0.39, 0.29) is 6.61 Å². The summed E-state index contributed by atoms with van der Waals surface area (Å²) in [6.07, 6.45) is -0.611. The molecule has 23 heavy (non-hydrogen) atoms. The van der Waals surface area contributed by atoms with Crippen LogP contribution in [0.4, 0.5) is 10.2 Å². The minimum atomic E-state index is -0.856. The normalized spacial score (nSPS) is 20.4. The number of halogens is 1. The van der Waals surface area contributed by atoms with Crippen molar-refractivity contribution in [2.24, 2.45) is 0 Å². The minimum Gasteiger partial charge on any atom is -0.348 e. The molecule has 2 aromatic rings. The Labute approximate surface area is 130 Å². The molecule has 1 fully saturated rings. The lowest BCUT2D eigenvalue weighted by atomic mass is 10.2. The average molecular weight is 318 g/mol. The fraction of sp³-hybridized carbons (Fsp3) is 0.200. The molecule has 1 aliphatic rings. The first kappa shape index (κ1) is 15.3. The molecule has 1 amide bonds. The van der Waals surface area contributed by atoms with E-state index < -0.39 is 35.7 Å². The number of anilines is 1. The van der Waals surface area contributed by atoms with Crippen LogP contribution in [0.15, 0.2) is 41.3 Å². The summed E-state index contributed by atoms with van der Waals surface area (Å²) in [4.78, 5) is 27.5. The van der Waals surface area contributed by atoms with Crippen molar-refractivity contribution in [1.29, 1.82) is 0 Å². The van der Waals surface area contributed by atoms with Crippen LogP contribution in [0.1, 0.15) is 16.6 Å². The summed E-state index contributed by atoms with van der Waals surface area (Å²) in [5.41, 5.74) is -0.442. The van der Waals surface area contributed by atoms with E-state index in [1.54, 1.807) is 30.3 Å². The molecule has 1 aromatic heterocycles. The zero-order valence-corrected chi connectivity index (χ0v) is 11.9. The van der Waals surface area contributed by atoms with Crippen LogP contribution in [0, 0.1) is 12.7 Å². The molecule has 0 bridgehead atoms. The van der Waals surface area contributed by atoms with Gasteiger partial charge < -0.3 is 14.8 Å². The topological polar surface area (TPSA) is 82.5 Å². The Kier molecular flexibility index (Phi) is 4.18. The number of nitrogens with one attached hydrogen (secondary N) is 1. The quantitative estimate of drug-likeness (QED) is 0.923. The molecule has 1 aliphatic heterocycles. The number of aromatic nitrogens is 2. The molecular formula is C15H13FN3O4. The van der Waals surface area contributed by atoms with Crippen LogP contribution in [0.3, 0.4) is 0 Å². The van der Waals surface area contributed by atoms with Gasteiger partial charge in [0.25, 0.3) is 5.91 Å². The molecule has 0 aliphatic carbocycles. The van der Waals surface area contributed by atoms with E-state index in [1.807, 2.05) is 0 Å². The summed E-state index contributed by atoms with van der Waals surface area (Å²) < 4.78 is 25.3. The van der Waals surface area contributed by atoms with Gasteiger partial charge in [-0.3, -0.25) is 9.36 Å². The fourth-order valence-corrected chi connectivity index (χ4v) is 2.10. The molecule has 1 radical (unpaired) electrons. The van der Waals surface area contributed by atoms with E-state index in [4.69, 9.17) is 9.47 Å². The second-order valence-electron chi connectivity index (χ2n) is 4.80. The summed E-state index contributed by atoms with van der Waals surface area (Å²) in [6.45, 7) is 3.59. The molecule has 7 nitrogen and oxygen atoms in total. The van der Waals surface area contributed by atoms with Gasteiger partial charge in [-0.25, -0.2) is 9.18 Å². The minimum absolute atomic E-state index is 0.0604. The summed E-state index contributed by atoms with van der Waals surface area (Å²) in [5, 5.41) is 2.27. The SMILES string of the molecule is [CH2][C@H]1OC[C@H](n2cc(F)c(NC(=O)c3ccccc3)nc2=O)O1. The monoisotopic (exact) mass is 318 g/mol. The van der Waals surface area contributed by atoms with Gasteiger partial charge in [0.05, 0.1) is 12.8 Å². The standard InChI is InChI=1S/C15H13FN3O4/c1-9-22-8-12(23-9)19-7-11(16)13(18-15(19)21)17-14(20)10-5-3-2-4-6-10/h2-7,9,12H,1,8H2,(H,17,18,20,21)/t9-,12+/m0/s1. The third-order valence-corrected chi connectivity index (χ3v) is 3.22. The molecule has 0 saturated carbocycles. The zero-order chi connectivity index (χ0) is 16.4. The lowest BCUT2D eigenvalue weighted by Crippen LogP contribution is -2.30. The number of benzene rings is 1. The van der Waals surface area contributed by atoms with E-state index in [9.17, 15) is 14.0 Å². The molecule has 1 saturated heterocycles. The van der Waals surface area contributed by atoms with Crippen molar-refractivity contribution in [3.05, 3.63) is 65.3 Å². The highest BCUT2D eigenvalue weighted by atomic mass is 19.1. The van der Waals surface area contributed by atoms with Crippen LogP contribution in [0.5, 0.6) is 0 Å². The first-order chi connectivity index (χ1) is 11.0. The Hall–Kier alpha value is -2.58. The smallest absolute Gasteiger partial charge is 0.348 e. The number of hydrogen-bond acceptors (Lipinski definition) is 5. The maximum absolute atomic E-state index is 14.1. The Morgan fingerprint density at radius 3 is 2.78 bits per heavy atom. The van der Waals surface area contributed by atoms with Gasteiger partial charge in [0.1, 0.15) is 0 Å². The third-order valence-electron chi connectivity index (χ3n) is 3.22. The van der Waals surface area contributed by atoms with Crippen LogP contribution >= 0.6 is 0 Å². The summed E-state index contributed by atoms with van der Waals surface area (Å²) >= 11 is 0. The third kappa shape index (κ3) is 3.27. The van der Waals surface area contributed by atoms with Gasteiger partial charge in [0.15, 0.2) is 24.2 Å². The lowest BCUT2D eigenvalue weighted by molar-refractivity contribution is -0.0396. The first-order valence-electron chi connectivity index (χ1n) is 6.80. The lowest BCUT2D eigenvalue weighted by Gasteiger charge is -2.13. The second-order valence-corrected chi connectivity index (χ2v) is 4.80. The molecule has 0 unspecified atom stereocenters. The van der Waals surface area contributed by atoms with Crippen molar-refractivity contribution in [2.45, 2.75) is 12.5 Å². The van der Waals surface area contributed by atoms with E-state index in [1.165, 1.54) is 0 Å². The number of hydrogen-bond donors (Lipinski definition) is 1. The van der Waals surface area contributed by atoms with Crippen LogP contribution in [-0.4, -0.2) is 28.4 Å². The fourth-order valence-electron chi connectivity index (χ4n) is 2.10. The predicted molar refractivity (Wildman–Crippen MR) is 78.1 cm³/mol. The van der Waals surface area contributed by atoms with Crippen molar-refractivity contribution in [3.63, 3.8) is 0 Å². The molecule has 2 atom stereocenters. The Morgan fingerprint density at radius 1 is 1.39 bits per heavy atom. The van der Waals surface area contributed by atoms with Crippen LogP contribution < -0.4 is 11.0 Å². The first-order valence-corrected chi connectivity index (χ1v) is 6.80. The number of amides is 1. The highest BCUT2D eigenvalue weighted by Crippen LogP contribution is 2.20. The second kappa shape index (κ2) is 6.27. The largest absolute Gasteiger partial charge is 0.351 e. The molecule has 1 N–H and O–H groups in total. The maximum atomic E-state index is 14.1. The van der Waals surface area contributed by atoms with E-state index in [0.717, 1.165) is 10.8 Å². The van der Waals surface area contributed by atoms with Crippen molar-refractivity contribution < 1.29 is 18.7 Å². The number of carbonyl (C=O) groups is 1. The van der Waals surface area contributed by atoms with Gasteiger partial charge in [0, 0.05) is 12.5 Å². The average Bonchev–Trinajstić information content (AvgIpc) is 2.97. The van der Waals surface area contributed by atoms with E-state index >= 15 is 0 Å². The molecule has 8 heteroatoms. The van der Waals surface area contributed by atoms with E-state index in [2.05, 4.69) is 17.2 Å². The zero-order valence-electron chi connectivity index (χ0n) is 11.9. The molecule has 0 spiro atoms. The van der Waals surface area contributed by atoms with Gasteiger partial charge >= 0.3 is 5.69 Å². The van der Waals surface area contributed by atoms with Gasteiger partial charge in [-0.1, -0.05) is 18.2 Å². The molecular weight excluding hydrogens is 305 g/mol. The predicted octanol–water partition coefficient (Wildman–Crippen LogP) is 1.34. The summed E-state index contributed by atoms with van der Waals surface area (Å²) in [6, 6.07) is 8.21. The number of carbonyl (C=O) groups excluding carboxylic acids is 1. The van der Waals surface area contributed by atoms with Crippen molar-refractivity contribution in [3.8, 4) is 0 Å². The maximum Gasteiger partial charge on any atom is 0.351 e. The highest BCUT2D eigenvalue weighted by Gasteiger charge is 2.26. The number of rotatable bonds is 3.